The first-order valence-electron chi connectivity index (χ1n) is 13.4. The van der Waals surface area contributed by atoms with Gasteiger partial charge in [-0.2, -0.15) is 0 Å². The first kappa shape index (κ1) is 31.2. The van der Waals surface area contributed by atoms with E-state index < -0.39 is 28.5 Å². The van der Waals surface area contributed by atoms with Gasteiger partial charge < -0.3 is 10.2 Å². The minimum Gasteiger partial charge on any atom is -0.352 e. The van der Waals surface area contributed by atoms with Gasteiger partial charge in [0, 0.05) is 17.6 Å². The average Bonchev–Trinajstić information content (AvgIpc) is 2.94. The fourth-order valence-corrected chi connectivity index (χ4v) is 5.89. The zero-order valence-corrected chi connectivity index (χ0v) is 25.3. The number of carbonyl (C=O) groups excluding carboxylic acids is 2. The first-order valence-corrected chi connectivity index (χ1v) is 15.3. The third kappa shape index (κ3) is 7.64. The number of rotatable bonds is 12. The molecule has 40 heavy (non-hydrogen) atoms. The lowest BCUT2D eigenvalue weighted by Crippen LogP contribution is -2.53. The Balaban J connectivity index is 2.01. The van der Waals surface area contributed by atoms with Crippen molar-refractivity contribution in [3.8, 4) is 0 Å². The minimum absolute atomic E-state index is 0.0590. The molecule has 2 atom stereocenters. The van der Waals surface area contributed by atoms with Gasteiger partial charge in [0.25, 0.3) is 10.0 Å². The van der Waals surface area contributed by atoms with Crippen molar-refractivity contribution in [3.05, 3.63) is 94.5 Å². The lowest BCUT2D eigenvalue weighted by Gasteiger charge is -2.33. The maximum absolute atomic E-state index is 14.0. The SMILES string of the molecule is CC[C@H](C)NC(=O)[C@H](C)N(CCc1ccccc1)C(=O)CN(c1cccc(Cl)c1C)S(=O)(=O)c1ccc(C)cc1. The monoisotopic (exact) mass is 583 g/mol. The highest BCUT2D eigenvalue weighted by Crippen LogP contribution is 2.31. The van der Waals surface area contributed by atoms with Crippen LogP contribution in [-0.4, -0.2) is 50.3 Å². The Morgan fingerprint density at radius 3 is 2.20 bits per heavy atom. The van der Waals surface area contributed by atoms with E-state index in [9.17, 15) is 18.0 Å². The molecule has 9 heteroatoms. The Bertz CT molecular complexity index is 1410. The van der Waals surface area contributed by atoms with E-state index in [1.807, 2.05) is 51.1 Å². The van der Waals surface area contributed by atoms with Crippen molar-refractivity contribution >= 4 is 39.1 Å². The van der Waals surface area contributed by atoms with Crippen LogP contribution in [0.3, 0.4) is 0 Å². The molecule has 0 spiro atoms. The van der Waals surface area contributed by atoms with E-state index in [-0.39, 0.29) is 23.4 Å². The highest BCUT2D eigenvalue weighted by Gasteiger charge is 2.33. The summed E-state index contributed by atoms with van der Waals surface area (Å²) in [6.07, 6.45) is 1.25. The number of hydrogen-bond donors (Lipinski definition) is 1. The van der Waals surface area contributed by atoms with Crippen LogP contribution in [0.25, 0.3) is 0 Å². The number of carbonyl (C=O) groups is 2. The third-order valence-electron chi connectivity index (χ3n) is 7.05. The Morgan fingerprint density at radius 2 is 1.57 bits per heavy atom. The molecule has 0 aliphatic rings. The fourth-order valence-electron chi connectivity index (χ4n) is 4.25. The zero-order chi connectivity index (χ0) is 29.4. The molecule has 0 unspecified atom stereocenters. The molecule has 2 amide bonds. The molecule has 0 saturated heterocycles. The van der Waals surface area contributed by atoms with Crippen molar-refractivity contribution in [2.75, 3.05) is 17.4 Å². The molecule has 0 radical (unpaired) electrons. The summed E-state index contributed by atoms with van der Waals surface area (Å²) >= 11 is 6.38. The number of hydrogen-bond acceptors (Lipinski definition) is 4. The lowest BCUT2D eigenvalue weighted by atomic mass is 10.1. The molecule has 0 heterocycles. The normalized spacial score (nSPS) is 12.8. The van der Waals surface area contributed by atoms with Crippen LogP contribution in [0.1, 0.15) is 43.9 Å². The molecule has 3 rings (SSSR count). The number of aryl methyl sites for hydroxylation is 1. The average molecular weight is 584 g/mol. The Morgan fingerprint density at radius 1 is 0.925 bits per heavy atom. The molecule has 214 valence electrons. The first-order chi connectivity index (χ1) is 18.9. The van der Waals surface area contributed by atoms with Gasteiger partial charge in [-0.3, -0.25) is 13.9 Å². The maximum atomic E-state index is 14.0. The minimum atomic E-state index is -4.15. The molecule has 7 nitrogen and oxygen atoms in total. The maximum Gasteiger partial charge on any atom is 0.264 e. The number of nitrogens with zero attached hydrogens (tertiary/aromatic N) is 2. The highest BCUT2D eigenvalue weighted by atomic mass is 35.5. The molecule has 3 aromatic carbocycles. The molecule has 0 fully saturated rings. The summed E-state index contributed by atoms with van der Waals surface area (Å²) in [6.45, 7) is 8.88. The molecule has 1 N–H and O–H groups in total. The number of sulfonamides is 1. The predicted molar refractivity (Wildman–Crippen MR) is 161 cm³/mol. The van der Waals surface area contributed by atoms with E-state index in [0.717, 1.165) is 21.9 Å². The van der Waals surface area contributed by atoms with Gasteiger partial charge >= 0.3 is 0 Å². The predicted octanol–water partition coefficient (Wildman–Crippen LogP) is 5.53. The molecular weight excluding hydrogens is 546 g/mol. The van der Waals surface area contributed by atoms with Crippen molar-refractivity contribution < 1.29 is 18.0 Å². The molecule has 0 aliphatic carbocycles. The Hall–Kier alpha value is -3.36. The smallest absolute Gasteiger partial charge is 0.264 e. The molecule has 0 aliphatic heterocycles. The summed E-state index contributed by atoms with van der Waals surface area (Å²) in [5.74, 6) is -0.777. The van der Waals surface area contributed by atoms with Gasteiger partial charge in [0.05, 0.1) is 10.6 Å². The zero-order valence-electron chi connectivity index (χ0n) is 23.7. The van der Waals surface area contributed by atoms with E-state index in [2.05, 4.69) is 5.32 Å². The van der Waals surface area contributed by atoms with Gasteiger partial charge in [-0.25, -0.2) is 8.42 Å². The summed E-state index contributed by atoms with van der Waals surface area (Å²) in [4.78, 5) is 28.6. The summed E-state index contributed by atoms with van der Waals surface area (Å²) < 4.78 is 29.0. The molecular formula is C31H38ClN3O4S. The third-order valence-corrected chi connectivity index (χ3v) is 9.23. The van der Waals surface area contributed by atoms with Crippen molar-refractivity contribution in [3.63, 3.8) is 0 Å². The van der Waals surface area contributed by atoms with Crippen LogP contribution in [0.15, 0.2) is 77.7 Å². The number of benzene rings is 3. The van der Waals surface area contributed by atoms with Crippen molar-refractivity contribution in [2.45, 2.75) is 64.4 Å². The van der Waals surface area contributed by atoms with E-state index in [0.29, 0.717) is 22.7 Å². The van der Waals surface area contributed by atoms with Gasteiger partial charge in [-0.1, -0.05) is 72.6 Å². The second-order valence-electron chi connectivity index (χ2n) is 10.0. The van der Waals surface area contributed by atoms with Gasteiger partial charge in [-0.15, -0.1) is 0 Å². The van der Waals surface area contributed by atoms with E-state index in [1.165, 1.54) is 17.0 Å². The lowest BCUT2D eigenvalue weighted by molar-refractivity contribution is -0.139. The largest absolute Gasteiger partial charge is 0.352 e. The molecule has 3 aromatic rings. The quantitative estimate of drug-likeness (QED) is 0.304. The van der Waals surface area contributed by atoms with E-state index >= 15 is 0 Å². The standard InChI is InChI=1S/C31H38ClN3O4S/c1-6-23(3)33-31(37)25(5)34(20-19-26-11-8-7-9-12-26)30(36)21-35(29-14-10-13-28(32)24(29)4)40(38,39)27-17-15-22(2)16-18-27/h7-18,23,25H,6,19-21H2,1-5H3,(H,33,37)/t23-,25-/m0/s1. The van der Waals surface area contributed by atoms with Crippen LogP contribution in [0, 0.1) is 13.8 Å². The van der Waals surface area contributed by atoms with Crippen LogP contribution in [-0.2, 0) is 26.0 Å². The second kappa shape index (κ2) is 13.8. The number of halogens is 1. The van der Waals surface area contributed by atoms with Gasteiger partial charge in [0.15, 0.2) is 0 Å². The summed E-state index contributed by atoms with van der Waals surface area (Å²) in [5.41, 5.74) is 2.76. The van der Waals surface area contributed by atoms with Crippen LogP contribution in [0.2, 0.25) is 5.02 Å². The van der Waals surface area contributed by atoms with Crippen molar-refractivity contribution in [2.24, 2.45) is 0 Å². The van der Waals surface area contributed by atoms with Crippen LogP contribution in [0.5, 0.6) is 0 Å². The summed E-state index contributed by atoms with van der Waals surface area (Å²) in [5, 5.41) is 3.33. The van der Waals surface area contributed by atoms with Gasteiger partial charge in [0.1, 0.15) is 12.6 Å². The van der Waals surface area contributed by atoms with Crippen LogP contribution in [0.4, 0.5) is 5.69 Å². The Labute approximate surface area is 243 Å². The summed E-state index contributed by atoms with van der Waals surface area (Å²) in [6, 6.07) is 20.2. The van der Waals surface area contributed by atoms with Crippen LogP contribution >= 0.6 is 11.6 Å². The van der Waals surface area contributed by atoms with E-state index in [1.54, 1.807) is 44.2 Å². The van der Waals surface area contributed by atoms with Gasteiger partial charge in [-0.05, 0) is 75.9 Å². The summed E-state index contributed by atoms with van der Waals surface area (Å²) in [7, 11) is -4.15. The van der Waals surface area contributed by atoms with Crippen molar-refractivity contribution in [1.29, 1.82) is 0 Å². The topological polar surface area (TPSA) is 86.8 Å². The number of anilines is 1. The van der Waals surface area contributed by atoms with E-state index in [4.69, 9.17) is 11.6 Å². The fraction of sp³-hybridized carbons (Fsp3) is 0.355. The second-order valence-corrected chi connectivity index (χ2v) is 12.3. The molecule has 0 aromatic heterocycles. The Kier molecular flexibility index (Phi) is 10.8. The molecule has 0 bridgehead atoms. The number of amides is 2. The van der Waals surface area contributed by atoms with Crippen molar-refractivity contribution in [1.82, 2.24) is 10.2 Å². The molecule has 0 saturated carbocycles. The number of nitrogens with one attached hydrogen (secondary N) is 1. The highest BCUT2D eigenvalue weighted by molar-refractivity contribution is 7.92. The van der Waals surface area contributed by atoms with Crippen LogP contribution < -0.4 is 9.62 Å². The van der Waals surface area contributed by atoms with Gasteiger partial charge in [0.2, 0.25) is 11.8 Å².